The van der Waals surface area contributed by atoms with Crippen molar-refractivity contribution in [1.82, 2.24) is 0 Å². The lowest BCUT2D eigenvalue weighted by Crippen LogP contribution is -2.45. The van der Waals surface area contributed by atoms with Crippen molar-refractivity contribution < 1.29 is 0 Å². The van der Waals surface area contributed by atoms with E-state index < -0.39 is 0 Å². The molecule has 28 heavy (non-hydrogen) atoms. The molecule has 152 valence electrons. The molecule has 4 saturated carbocycles. The van der Waals surface area contributed by atoms with Gasteiger partial charge >= 0.3 is 0 Å². The minimum atomic E-state index is 0.337. The first-order valence-electron chi connectivity index (χ1n) is 12.3. The first-order valence-corrected chi connectivity index (χ1v) is 12.3. The van der Waals surface area contributed by atoms with Crippen molar-refractivity contribution in [2.45, 2.75) is 104 Å². The maximum absolute atomic E-state index is 3.79. The lowest BCUT2D eigenvalue weighted by Gasteiger charge is -2.56. The van der Waals surface area contributed by atoms with Crippen LogP contribution in [0, 0.1) is 34.5 Å². The number of fused-ring (bicyclic) bond motifs is 3. The monoisotopic (exact) mass is 376 g/mol. The molecule has 0 saturated heterocycles. The first-order chi connectivity index (χ1) is 13.7. The molecule has 0 amide bonds. The van der Waals surface area contributed by atoms with E-state index in [0.717, 1.165) is 11.8 Å². The van der Waals surface area contributed by atoms with Gasteiger partial charge in [-0.1, -0.05) is 63.5 Å². The van der Waals surface area contributed by atoms with E-state index in [0.29, 0.717) is 10.8 Å². The second-order valence-electron chi connectivity index (χ2n) is 10.3. The van der Waals surface area contributed by atoms with Gasteiger partial charge in [0.15, 0.2) is 0 Å². The van der Waals surface area contributed by atoms with Crippen LogP contribution in [0.1, 0.15) is 108 Å². The molecule has 0 spiro atoms. The van der Waals surface area contributed by atoms with E-state index in [1.54, 1.807) is 0 Å². The molecule has 0 heteroatoms. The molecule has 1 aromatic rings. The van der Waals surface area contributed by atoms with Crippen LogP contribution in [0.5, 0.6) is 0 Å². The van der Waals surface area contributed by atoms with Crippen LogP contribution in [0.3, 0.4) is 0 Å². The molecular formula is C28H40. The molecule has 0 radical (unpaired) electrons. The zero-order valence-electron chi connectivity index (χ0n) is 18.4. The highest BCUT2D eigenvalue weighted by Crippen LogP contribution is 2.62. The fourth-order valence-electron chi connectivity index (χ4n) is 6.54. The summed E-state index contributed by atoms with van der Waals surface area (Å²) < 4.78 is 0. The predicted molar refractivity (Wildman–Crippen MR) is 120 cm³/mol. The maximum atomic E-state index is 3.79. The lowest BCUT2D eigenvalue weighted by atomic mass is 9.48. The summed E-state index contributed by atoms with van der Waals surface area (Å²) in [5.74, 6) is 9.41. The Balaban J connectivity index is 1.36. The Morgan fingerprint density at radius 2 is 1.50 bits per heavy atom. The first kappa shape index (κ1) is 20.1. The Morgan fingerprint density at radius 3 is 2.07 bits per heavy atom. The SMILES string of the molecule is CCCCc1ccc(C#CC23CCC(C4CCC(CC)CC4)(CC2)CC3)cc1. The van der Waals surface area contributed by atoms with E-state index in [-0.39, 0.29) is 0 Å². The summed E-state index contributed by atoms with van der Waals surface area (Å²) in [6.45, 7) is 4.65. The van der Waals surface area contributed by atoms with Gasteiger partial charge in [0.05, 0.1) is 0 Å². The third kappa shape index (κ3) is 4.20. The molecule has 0 aliphatic heterocycles. The average molecular weight is 377 g/mol. The molecule has 5 rings (SSSR count). The van der Waals surface area contributed by atoms with Crippen molar-refractivity contribution in [3.05, 3.63) is 35.4 Å². The smallest absolute Gasteiger partial charge is 0.0319 e. The molecule has 2 bridgehead atoms. The van der Waals surface area contributed by atoms with Crippen LogP contribution in [0.25, 0.3) is 0 Å². The molecule has 0 aromatic heterocycles. The van der Waals surface area contributed by atoms with Gasteiger partial charge in [0.25, 0.3) is 0 Å². The molecule has 0 unspecified atom stereocenters. The number of aryl methyl sites for hydroxylation is 1. The van der Waals surface area contributed by atoms with Gasteiger partial charge in [-0.05, 0) is 99.2 Å². The highest BCUT2D eigenvalue weighted by Gasteiger charge is 2.51. The number of benzene rings is 1. The standard InChI is InChI=1S/C28H40/c1-3-5-6-24-7-9-25(10-8-24)15-16-27-17-20-28(21-18-27,22-19-27)26-13-11-23(4-2)12-14-26/h7-10,23,26H,3-6,11-14,17-22H2,1-2H3. The van der Waals surface area contributed by atoms with Crippen LogP contribution in [0.2, 0.25) is 0 Å². The zero-order chi connectivity index (χ0) is 19.5. The molecule has 4 aliphatic rings. The van der Waals surface area contributed by atoms with Crippen molar-refractivity contribution in [3.63, 3.8) is 0 Å². The summed E-state index contributed by atoms with van der Waals surface area (Å²) in [6.07, 6.45) is 19.7. The lowest BCUT2D eigenvalue weighted by molar-refractivity contribution is -0.0376. The Kier molecular flexibility index (Phi) is 6.20. The van der Waals surface area contributed by atoms with Crippen molar-refractivity contribution in [2.75, 3.05) is 0 Å². The van der Waals surface area contributed by atoms with Gasteiger partial charge in [0.1, 0.15) is 0 Å². The summed E-state index contributed by atoms with van der Waals surface area (Å²) in [7, 11) is 0. The largest absolute Gasteiger partial charge is 0.0911 e. The molecular weight excluding hydrogens is 336 g/mol. The van der Waals surface area contributed by atoms with Crippen LogP contribution in [-0.4, -0.2) is 0 Å². The number of unbranched alkanes of at least 4 members (excludes halogenated alkanes) is 1. The van der Waals surface area contributed by atoms with Crippen LogP contribution < -0.4 is 0 Å². The number of hydrogen-bond donors (Lipinski definition) is 0. The van der Waals surface area contributed by atoms with Gasteiger partial charge in [-0.3, -0.25) is 0 Å². The van der Waals surface area contributed by atoms with E-state index in [1.165, 1.54) is 101 Å². The summed E-state index contributed by atoms with van der Waals surface area (Å²) in [6, 6.07) is 9.07. The van der Waals surface area contributed by atoms with Gasteiger partial charge < -0.3 is 0 Å². The van der Waals surface area contributed by atoms with E-state index in [1.807, 2.05) is 0 Å². The molecule has 0 heterocycles. The van der Waals surface area contributed by atoms with E-state index in [9.17, 15) is 0 Å². The van der Waals surface area contributed by atoms with Crippen molar-refractivity contribution in [2.24, 2.45) is 22.7 Å². The second-order valence-corrected chi connectivity index (χ2v) is 10.3. The van der Waals surface area contributed by atoms with Gasteiger partial charge in [-0.15, -0.1) is 0 Å². The molecule has 0 N–H and O–H groups in total. The second kappa shape index (κ2) is 8.65. The number of rotatable bonds is 5. The van der Waals surface area contributed by atoms with Crippen LogP contribution in [-0.2, 0) is 6.42 Å². The topological polar surface area (TPSA) is 0 Å². The summed E-state index contributed by atoms with van der Waals surface area (Å²) >= 11 is 0. The average Bonchev–Trinajstić information content (AvgIpc) is 2.78. The summed E-state index contributed by atoms with van der Waals surface area (Å²) in [4.78, 5) is 0. The Bertz CT molecular complexity index is 665. The van der Waals surface area contributed by atoms with E-state index in [4.69, 9.17) is 0 Å². The summed E-state index contributed by atoms with van der Waals surface area (Å²) in [5.41, 5.74) is 3.71. The quantitative estimate of drug-likeness (QED) is 0.457. The van der Waals surface area contributed by atoms with Crippen LogP contribution in [0.4, 0.5) is 0 Å². The predicted octanol–water partition coefficient (Wildman–Crippen LogP) is 7.94. The Hall–Kier alpha value is -1.22. The number of hydrogen-bond acceptors (Lipinski definition) is 0. The Labute approximate surface area is 173 Å². The van der Waals surface area contributed by atoms with E-state index >= 15 is 0 Å². The molecule has 4 fully saturated rings. The van der Waals surface area contributed by atoms with Gasteiger partial charge in [0, 0.05) is 11.0 Å². The fourth-order valence-corrected chi connectivity index (χ4v) is 6.54. The minimum Gasteiger partial charge on any atom is -0.0911 e. The van der Waals surface area contributed by atoms with Crippen molar-refractivity contribution in [3.8, 4) is 11.8 Å². The van der Waals surface area contributed by atoms with Crippen LogP contribution >= 0.6 is 0 Å². The van der Waals surface area contributed by atoms with Crippen LogP contribution in [0.15, 0.2) is 24.3 Å². The highest BCUT2D eigenvalue weighted by molar-refractivity contribution is 5.38. The third-order valence-corrected chi connectivity index (χ3v) is 8.84. The molecule has 1 aromatic carbocycles. The summed E-state index contributed by atoms with van der Waals surface area (Å²) in [5, 5.41) is 0. The van der Waals surface area contributed by atoms with Gasteiger partial charge in [-0.25, -0.2) is 0 Å². The third-order valence-electron chi connectivity index (χ3n) is 8.84. The minimum absolute atomic E-state index is 0.337. The van der Waals surface area contributed by atoms with Gasteiger partial charge in [0.2, 0.25) is 0 Å². The van der Waals surface area contributed by atoms with Crippen molar-refractivity contribution in [1.29, 1.82) is 0 Å². The normalized spacial score (nSPS) is 34.6. The molecule has 0 nitrogen and oxygen atoms in total. The fraction of sp³-hybridized carbons (Fsp3) is 0.714. The van der Waals surface area contributed by atoms with Crippen molar-refractivity contribution >= 4 is 0 Å². The highest BCUT2D eigenvalue weighted by atomic mass is 14.6. The zero-order valence-corrected chi connectivity index (χ0v) is 18.4. The van der Waals surface area contributed by atoms with Gasteiger partial charge in [-0.2, -0.15) is 0 Å². The molecule has 0 atom stereocenters. The Morgan fingerprint density at radius 1 is 0.857 bits per heavy atom. The van der Waals surface area contributed by atoms with E-state index in [2.05, 4.69) is 50.0 Å². The maximum Gasteiger partial charge on any atom is 0.0319 e. The molecule has 4 aliphatic carbocycles.